The summed E-state index contributed by atoms with van der Waals surface area (Å²) in [6.07, 6.45) is 5.97. The number of fused-ring (bicyclic) bond motifs is 2. The predicted molar refractivity (Wildman–Crippen MR) is 106 cm³/mol. The highest BCUT2D eigenvalue weighted by molar-refractivity contribution is 5.86. The molecule has 2 aliphatic heterocycles. The monoisotopic (exact) mass is 382 g/mol. The first kappa shape index (κ1) is 18.2. The van der Waals surface area contributed by atoms with Crippen LogP contribution in [0.15, 0.2) is 24.3 Å². The van der Waals surface area contributed by atoms with Crippen LogP contribution in [0.5, 0.6) is 0 Å². The van der Waals surface area contributed by atoms with Crippen molar-refractivity contribution in [2.24, 2.45) is 5.92 Å². The van der Waals surface area contributed by atoms with Crippen LogP contribution in [0.25, 0.3) is 0 Å². The summed E-state index contributed by atoms with van der Waals surface area (Å²) in [5.74, 6) is 0.530. The van der Waals surface area contributed by atoms with Gasteiger partial charge in [0.15, 0.2) is 0 Å². The Hall–Kier alpha value is -1.88. The molecule has 1 unspecified atom stereocenters. The third-order valence-corrected chi connectivity index (χ3v) is 7.71. The maximum absolute atomic E-state index is 13.2. The van der Waals surface area contributed by atoms with E-state index in [1.807, 2.05) is 4.90 Å². The van der Waals surface area contributed by atoms with E-state index >= 15 is 0 Å². The van der Waals surface area contributed by atoms with Gasteiger partial charge in [0.2, 0.25) is 11.8 Å². The maximum Gasteiger partial charge on any atom is 0.230 e. The smallest absolute Gasteiger partial charge is 0.230 e. The molecule has 1 aromatic rings. The second-order valence-electron chi connectivity index (χ2n) is 9.30. The van der Waals surface area contributed by atoms with Gasteiger partial charge >= 0.3 is 0 Å². The van der Waals surface area contributed by atoms with Crippen molar-refractivity contribution < 1.29 is 14.7 Å². The lowest BCUT2D eigenvalue weighted by Crippen LogP contribution is -2.49. The molecule has 150 valence electrons. The van der Waals surface area contributed by atoms with Gasteiger partial charge in [0.25, 0.3) is 0 Å². The molecular weight excluding hydrogens is 352 g/mol. The van der Waals surface area contributed by atoms with Crippen molar-refractivity contribution in [2.45, 2.75) is 62.4 Å². The Labute approximate surface area is 166 Å². The summed E-state index contributed by atoms with van der Waals surface area (Å²) in [7, 11) is 0. The zero-order valence-electron chi connectivity index (χ0n) is 16.5. The van der Waals surface area contributed by atoms with Crippen LogP contribution in [0.3, 0.4) is 0 Å². The molecule has 2 heterocycles. The van der Waals surface area contributed by atoms with Gasteiger partial charge in [-0.05, 0) is 56.1 Å². The molecule has 1 atom stereocenters. The summed E-state index contributed by atoms with van der Waals surface area (Å²) in [5.41, 5.74) is 2.60. The zero-order valence-corrected chi connectivity index (χ0v) is 16.5. The van der Waals surface area contributed by atoms with Gasteiger partial charge < -0.3 is 14.9 Å². The number of aliphatic hydroxyl groups is 1. The Morgan fingerprint density at radius 3 is 2.25 bits per heavy atom. The number of amides is 2. The van der Waals surface area contributed by atoms with E-state index in [1.54, 1.807) is 0 Å². The Balaban J connectivity index is 1.33. The Bertz CT molecular complexity index is 772. The molecule has 2 aliphatic carbocycles. The number of piperidine rings is 1. The van der Waals surface area contributed by atoms with Crippen LogP contribution in [0.1, 0.15) is 62.0 Å². The molecule has 3 fully saturated rings. The van der Waals surface area contributed by atoms with Gasteiger partial charge in [0.05, 0.1) is 12.0 Å². The number of carbonyl (C=O) groups excluding carboxylic acids is 2. The SMILES string of the molecule is O=C(C1CC(O)C1)N1CCC2(CC1)CC(C(=O)N1CCCC1)c1ccccc12. The second kappa shape index (κ2) is 6.87. The number of carbonyl (C=O) groups is 2. The topological polar surface area (TPSA) is 60.9 Å². The minimum Gasteiger partial charge on any atom is -0.393 e. The number of hydrogen-bond acceptors (Lipinski definition) is 3. The lowest BCUT2D eigenvalue weighted by Gasteiger charge is -2.43. The van der Waals surface area contributed by atoms with Crippen LogP contribution in [0, 0.1) is 5.92 Å². The third-order valence-electron chi connectivity index (χ3n) is 7.71. The molecule has 1 aromatic carbocycles. The van der Waals surface area contributed by atoms with E-state index in [2.05, 4.69) is 29.2 Å². The van der Waals surface area contributed by atoms with Crippen LogP contribution in [0.2, 0.25) is 0 Å². The van der Waals surface area contributed by atoms with Crippen LogP contribution >= 0.6 is 0 Å². The number of rotatable bonds is 2. The van der Waals surface area contributed by atoms with Crippen molar-refractivity contribution >= 4 is 11.8 Å². The average Bonchev–Trinajstić information content (AvgIpc) is 3.33. The van der Waals surface area contributed by atoms with Gasteiger partial charge in [-0.15, -0.1) is 0 Å². The van der Waals surface area contributed by atoms with Crippen LogP contribution < -0.4 is 0 Å². The lowest BCUT2D eigenvalue weighted by molar-refractivity contribution is -0.144. The van der Waals surface area contributed by atoms with Gasteiger partial charge in [-0.1, -0.05) is 24.3 Å². The highest BCUT2D eigenvalue weighted by Crippen LogP contribution is 2.52. The van der Waals surface area contributed by atoms with Gasteiger partial charge in [0.1, 0.15) is 0 Å². The molecule has 2 amide bonds. The van der Waals surface area contributed by atoms with E-state index in [9.17, 15) is 14.7 Å². The third kappa shape index (κ3) is 2.86. The first-order valence-corrected chi connectivity index (χ1v) is 10.9. The minimum absolute atomic E-state index is 0.0154. The second-order valence-corrected chi connectivity index (χ2v) is 9.30. The number of aliphatic hydroxyl groups excluding tert-OH is 1. The predicted octanol–water partition coefficient (Wildman–Crippen LogP) is 2.43. The van der Waals surface area contributed by atoms with Gasteiger partial charge in [0, 0.05) is 37.5 Å². The van der Waals surface area contributed by atoms with E-state index in [1.165, 1.54) is 11.1 Å². The van der Waals surface area contributed by atoms with Crippen LogP contribution in [0.4, 0.5) is 0 Å². The van der Waals surface area contributed by atoms with E-state index in [0.29, 0.717) is 18.7 Å². The Kier molecular flexibility index (Phi) is 4.46. The molecule has 2 saturated heterocycles. The minimum atomic E-state index is -0.288. The normalized spacial score (nSPS) is 31.0. The first-order valence-electron chi connectivity index (χ1n) is 10.9. The summed E-state index contributed by atoms with van der Waals surface area (Å²) in [5, 5.41) is 9.51. The Morgan fingerprint density at radius 2 is 1.57 bits per heavy atom. The summed E-state index contributed by atoms with van der Waals surface area (Å²) >= 11 is 0. The molecule has 5 nitrogen and oxygen atoms in total. The van der Waals surface area contributed by atoms with Crippen LogP contribution in [-0.4, -0.2) is 59.0 Å². The maximum atomic E-state index is 13.2. The highest BCUT2D eigenvalue weighted by Gasteiger charge is 2.49. The summed E-state index contributed by atoms with van der Waals surface area (Å²) in [6, 6.07) is 8.52. The fourth-order valence-corrected chi connectivity index (χ4v) is 5.95. The average molecular weight is 383 g/mol. The number of benzene rings is 1. The van der Waals surface area contributed by atoms with Gasteiger partial charge in [-0.25, -0.2) is 0 Å². The van der Waals surface area contributed by atoms with Crippen molar-refractivity contribution in [1.29, 1.82) is 0 Å². The lowest BCUT2D eigenvalue weighted by atomic mass is 9.72. The fraction of sp³-hybridized carbons (Fsp3) is 0.652. The Morgan fingerprint density at radius 1 is 0.929 bits per heavy atom. The molecule has 1 saturated carbocycles. The first-order chi connectivity index (χ1) is 13.6. The molecule has 0 aromatic heterocycles. The molecule has 1 N–H and O–H groups in total. The van der Waals surface area contributed by atoms with E-state index in [4.69, 9.17) is 0 Å². The highest BCUT2D eigenvalue weighted by atomic mass is 16.3. The van der Waals surface area contributed by atoms with E-state index in [0.717, 1.165) is 58.3 Å². The van der Waals surface area contributed by atoms with Gasteiger partial charge in [-0.2, -0.15) is 0 Å². The van der Waals surface area contributed by atoms with Crippen molar-refractivity contribution in [3.8, 4) is 0 Å². The molecule has 0 radical (unpaired) electrons. The van der Waals surface area contributed by atoms with Crippen molar-refractivity contribution in [2.75, 3.05) is 26.2 Å². The molecule has 0 bridgehead atoms. The quantitative estimate of drug-likeness (QED) is 0.855. The summed E-state index contributed by atoms with van der Waals surface area (Å²) in [6.45, 7) is 3.34. The molecule has 1 spiro atoms. The van der Waals surface area contributed by atoms with E-state index < -0.39 is 0 Å². The molecule has 28 heavy (non-hydrogen) atoms. The number of likely N-dealkylation sites (tertiary alicyclic amines) is 2. The molecule has 5 rings (SSSR count). The van der Waals surface area contributed by atoms with Crippen molar-refractivity contribution in [3.05, 3.63) is 35.4 Å². The van der Waals surface area contributed by atoms with Gasteiger partial charge in [-0.3, -0.25) is 9.59 Å². The summed E-state index contributed by atoms with van der Waals surface area (Å²) < 4.78 is 0. The van der Waals surface area contributed by atoms with Crippen LogP contribution in [-0.2, 0) is 15.0 Å². The fourth-order valence-electron chi connectivity index (χ4n) is 5.95. The zero-order chi connectivity index (χ0) is 19.3. The largest absolute Gasteiger partial charge is 0.393 e. The molecule has 4 aliphatic rings. The molecule has 5 heteroatoms. The van der Waals surface area contributed by atoms with E-state index in [-0.39, 0.29) is 29.3 Å². The van der Waals surface area contributed by atoms with Crippen molar-refractivity contribution in [3.63, 3.8) is 0 Å². The standard InChI is InChI=1S/C23H30N2O3/c26-17-13-16(14-17)21(27)25-11-7-23(8-12-25)15-19(18-5-1-2-6-20(18)23)22(28)24-9-3-4-10-24/h1-2,5-6,16-17,19,26H,3-4,7-15H2. The summed E-state index contributed by atoms with van der Waals surface area (Å²) in [4.78, 5) is 29.9. The number of nitrogens with zero attached hydrogens (tertiary/aromatic N) is 2. The van der Waals surface area contributed by atoms with Crippen molar-refractivity contribution in [1.82, 2.24) is 9.80 Å². The molecular formula is C23H30N2O3. The number of hydrogen-bond donors (Lipinski definition) is 1.